The predicted octanol–water partition coefficient (Wildman–Crippen LogP) is 2.35. The number of hydrogen-bond acceptors (Lipinski definition) is 3. The Labute approximate surface area is 111 Å². The number of aromatic nitrogens is 2. The van der Waals surface area contributed by atoms with Crippen LogP contribution < -0.4 is 5.32 Å². The summed E-state index contributed by atoms with van der Waals surface area (Å²) in [6.07, 6.45) is 3.73. The second kappa shape index (κ2) is 4.20. The summed E-state index contributed by atoms with van der Waals surface area (Å²) in [5, 5.41) is 3.49. The number of hydrogen-bond donors (Lipinski definition) is 2. The average Bonchev–Trinajstić information content (AvgIpc) is 3.05. The molecule has 0 bridgehead atoms. The highest BCUT2D eigenvalue weighted by Crippen LogP contribution is 2.30. The molecule has 2 aliphatic heterocycles. The van der Waals surface area contributed by atoms with Gasteiger partial charge in [0.2, 0.25) is 5.95 Å². The van der Waals surface area contributed by atoms with Crippen molar-refractivity contribution in [1.82, 2.24) is 14.9 Å². The number of imidazole rings is 1. The fraction of sp³-hybridized carbons (Fsp3) is 0.500. The summed E-state index contributed by atoms with van der Waals surface area (Å²) in [7, 11) is 0. The van der Waals surface area contributed by atoms with Gasteiger partial charge in [0.1, 0.15) is 5.82 Å². The van der Waals surface area contributed by atoms with E-state index in [1.165, 1.54) is 38.1 Å². The minimum absolute atomic E-state index is 0.231. The molecule has 2 saturated heterocycles. The normalized spacial score (nSPS) is 27.0. The molecule has 5 heteroatoms. The van der Waals surface area contributed by atoms with E-state index in [1.807, 2.05) is 0 Å². The van der Waals surface area contributed by atoms with Crippen molar-refractivity contribution in [3.05, 3.63) is 24.0 Å². The molecule has 2 atom stereocenters. The second-order valence-electron chi connectivity index (χ2n) is 5.53. The molecular formula is C14H17FN4. The van der Waals surface area contributed by atoms with Gasteiger partial charge in [-0.25, -0.2) is 9.37 Å². The maximum absolute atomic E-state index is 13.2. The SMILES string of the molecule is Fc1ccc2nc(NC3CCN4CCCC34)[nH]c2c1. The number of H-pyrrole nitrogens is 1. The molecule has 3 heterocycles. The molecule has 2 unspecified atom stereocenters. The first-order chi connectivity index (χ1) is 9.29. The summed E-state index contributed by atoms with van der Waals surface area (Å²) >= 11 is 0. The quantitative estimate of drug-likeness (QED) is 0.871. The van der Waals surface area contributed by atoms with Crippen molar-refractivity contribution in [2.75, 3.05) is 18.4 Å². The third kappa shape index (κ3) is 1.89. The van der Waals surface area contributed by atoms with Gasteiger partial charge in [-0.15, -0.1) is 0 Å². The lowest BCUT2D eigenvalue weighted by atomic mass is 10.1. The van der Waals surface area contributed by atoms with Gasteiger partial charge in [-0.05, 0) is 44.0 Å². The molecule has 0 spiro atoms. The van der Waals surface area contributed by atoms with Gasteiger partial charge in [-0.1, -0.05) is 0 Å². The van der Waals surface area contributed by atoms with E-state index in [4.69, 9.17) is 0 Å². The van der Waals surface area contributed by atoms with Crippen LogP contribution in [0.25, 0.3) is 11.0 Å². The molecule has 2 N–H and O–H groups in total. The van der Waals surface area contributed by atoms with Crippen molar-refractivity contribution in [2.45, 2.75) is 31.3 Å². The van der Waals surface area contributed by atoms with Gasteiger partial charge in [0.25, 0.3) is 0 Å². The number of anilines is 1. The molecule has 19 heavy (non-hydrogen) atoms. The number of aromatic amines is 1. The highest BCUT2D eigenvalue weighted by atomic mass is 19.1. The Morgan fingerprint density at radius 3 is 3.21 bits per heavy atom. The summed E-state index contributed by atoms with van der Waals surface area (Å²) < 4.78 is 13.2. The highest BCUT2D eigenvalue weighted by molar-refractivity contribution is 5.77. The topological polar surface area (TPSA) is 44.0 Å². The second-order valence-corrected chi connectivity index (χ2v) is 5.53. The predicted molar refractivity (Wildman–Crippen MR) is 72.7 cm³/mol. The van der Waals surface area contributed by atoms with Crippen LogP contribution in [0.2, 0.25) is 0 Å². The Hall–Kier alpha value is -1.62. The molecule has 0 radical (unpaired) electrons. The zero-order valence-corrected chi connectivity index (χ0v) is 10.7. The summed E-state index contributed by atoms with van der Waals surface area (Å²) in [4.78, 5) is 10.2. The average molecular weight is 260 g/mol. The molecule has 4 nitrogen and oxygen atoms in total. The van der Waals surface area contributed by atoms with Gasteiger partial charge in [-0.2, -0.15) is 0 Å². The van der Waals surface area contributed by atoms with Crippen LogP contribution >= 0.6 is 0 Å². The van der Waals surface area contributed by atoms with Crippen molar-refractivity contribution < 1.29 is 4.39 Å². The fourth-order valence-corrected chi connectivity index (χ4v) is 3.48. The van der Waals surface area contributed by atoms with E-state index in [-0.39, 0.29) is 5.82 Å². The summed E-state index contributed by atoms with van der Waals surface area (Å²) in [6, 6.07) is 5.76. The molecule has 2 aliphatic rings. The Morgan fingerprint density at radius 2 is 2.26 bits per heavy atom. The largest absolute Gasteiger partial charge is 0.351 e. The van der Waals surface area contributed by atoms with Crippen LogP contribution in [0.1, 0.15) is 19.3 Å². The molecule has 0 aliphatic carbocycles. The first kappa shape index (κ1) is 11.2. The Kier molecular flexibility index (Phi) is 2.48. The van der Waals surface area contributed by atoms with Crippen molar-refractivity contribution in [1.29, 1.82) is 0 Å². The van der Waals surface area contributed by atoms with Gasteiger partial charge in [-0.3, -0.25) is 4.90 Å². The highest BCUT2D eigenvalue weighted by Gasteiger charge is 2.37. The molecule has 4 rings (SSSR count). The smallest absolute Gasteiger partial charge is 0.201 e. The lowest BCUT2D eigenvalue weighted by Crippen LogP contribution is -2.34. The van der Waals surface area contributed by atoms with E-state index in [9.17, 15) is 4.39 Å². The zero-order valence-electron chi connectivity index (χ0n) is 10.7. The maximum atomic E-state index is 13.2. The Bertz CT molecular complexity index is 609. The van der Waals surface area contributed by atoms with E-state index in [1.54, 1.807) is 6.07 Å². The lowest BCUT2D eigenvalue weighted by molar-refractivity contribution is 0.318. The number of benzene rings is 1. The summed E-state index contributed by atoms with van der Waals surface area (Å²) in [5.41, 5.74) is 1.56. The monoisotopic (exact) mass is 260 g/mol. The molecule has 2 fully saturated rings. The summed E-state index contributed by atoms with van der Waals surface area (Å²) in [6.45, 7) is 2.41. The molecule has 100 valence electrons. The Morgan fingerprint density at radius 1 is 1.32 bits per heavy atom. The van der Waals surface area contributed by atoms with Crippen molar-refractivity contribution in [3.63, 3.8) is 0 Å². The van der Waals surface area contributed by atoms with Crippen LogP contribution in [0.5, 0.6) is 0 Å². The molecular weight excluding hydrogens is 243 g/mol. The van der Waals surface area contributed by atoms with Crippen LogP contribution in [0.4, 0.5) is 10.3 Å². The number of nitrogens with zero attached hydrogens (tertiary/aromatic N) is 2. The molecule has 0 saturated carbocycles. The van der Waals surface area contributed by atoms with Crippen molar-refractivity contribution in [2.24, 2.45) is 0 Å². The number of nitrogens with one attached hydrogen (secondary N) is 2. The van der Waals surface area contributed by atoms with E-state index < -0.39 is 0 Å². The van der Waals surface area contributed by atoms with Crippen molar-refractivity contribution in [3.8, 4) is 0 Å². The van der Waals surface area contributed by atoms with E-state index in [0.29, 0.717) is 12.1 Å². The van der Waals surface area contributed by atoms with Crippen LogP contribution in [0.15, 0.2) is 18.2 Å². The van der Waals surface area contributed by atoms with Gasteiger partial charge in [0, 0.05) is 18.6 Å². The summed E-state index contributed by atoms with van der Waals surface area (Å²) in [5.74, 6) is 0.532. The first-order valence-electron chi connectivity index (χ1n) is 6.95. The van der Waals surface area contributed by atoms with E-state index in [0.717, 1.165) is 23.4 Å². The zero-order chi connectivity index (χ0) is 12.8. The van der Waals surface area contributed by atoms with Gasteiger partial charge in [0.15, 0.2) is 0 Å². The minimum Gasteiger partial charge on any atom is -0.351 e. The standard InChI is InChI=1S/C14H17FN4/c15-9-3-4-10-12(8-9)18-14(16-10)17-11-5-7-19-6-1-2-13(11)19/h3-4,8,11,13H,1-2,5-7H2,(H2,16,17,18). The van der Waals surface area contributed by atoms with Crippen LogP contribution in [0.3, 0.4) is 0 Å². The fourth-order valence-electron chi connectivity index (χ4n) is 3.48. The maximum Gasteiger partial charge on any atom is 0.201 e. The molecule has 2 aromatic rings. The minimum atomic E-state index is -0.231. The number of halogens is 1. The van der Waals surface area contributed by atoms with Gasteiger partial charge < -0.3 is 10.3 Å². The molecule has 1 aromatic heterocycles. The third-order valence-corrected chi connectivity index (χ3v) is 4.37. The Balaban J connectivity index is 1.58. The molecule has 0 amide bonds. The van der Waals surface area contributed by atoms with Crippen LogP contribution in [-0.4, -0.2) is 40.0 Å². The first-order valence-corrected chi connectivity index (χ1v) is 6.95. The van der Waals surface area contributed by atoms with Crippen LogP contribution in [0, 0.1) is 5.82 Å². The van der Waals surface area contributed by atoms with Gasteiger partial charge >= 0.3 is 0 Å². The lowest BCUT2D eigenvalue weighted by Gasteiger charge is -2.20. The van der Waals surface area contributed by atoms with E-state index >= 15 is 0 Å². The number of fused-ring (bicyclic) bond motifs is 2. The number of rotatable bonds is 2. The third-order valence-electron chi connectivity index (χ3n) is 4.37. The molecule has 1 aromatic carbocycles. The van der Waals surface area contributed by atoms with Crippen molar-refractivity contribution >= 4 is 17.0 Å². The van der Waals surface area contributed by atoms with Gasteiger partial charge in [0.05, 0.1) is 11.0 Å². The van der Waals surface area contributed by atoms with Crippen LogP contribution in [-0.2, 0) is 0 Å². The van der Waals surface area contributed by atoms with E-state index in [2.05, 4.69) is 20.2 Å².